The fraction of sp³-hybridized carbons (Fsp3) is 0.889. The third-order valence-electron chi connectivity index (χ3n) is 2.65. The Morgan fingerprint density at radius 2 is 2.25 bits per heavy atom. The van der Waals surface area contributed by atoms with Crippen molar-refractivity contribution in [2.45, 2.75) is 12.8 Å². The molecule has 1 atom stereocenters. The normalized spacial score (nSPS) is 21.7. The van der Waals surface area contributed by atoms with E-state index >= 15 is 0 Å². The van der Waals surface area contributed by atoms with E-state index in [1.807, 2.05) is 0 Å². The molecule has 6 nitrogen and oxygen atoms in total. The Morgan fingerprint density at radius 1 is 1.50 bits per heavy atom. The number of carbonyl (C=O) groups is 1. The van der Waals surface area contributed by atoms with E-state index < -0.39 is 10.0 Å². The van der Waals surface area contributed by atoms with E-state index in [0.29, 0.717) is 6.54 Å². The molecule has 0 aromatic heterocycles. The highest BCUT2D eigenvalue weighted by molar-refractivity contribution is 7.89. The third kappa shape index (κ3) is 4.46. The highest BCUT2D eigenvalue weighted by atomic mass is 32.2. The smallest absolute Gasteiger partial charge is 0.224 e. The summed E-state index contributed by atoms with van der Waals surface area (Å²) in [5.74, 6) is -0.153. The average Bonchev–Trinajstić information content (AvgIpc) is 2.30. The molecule has 1 amide bonds. The van der Waals surface area contributed by atoms with Crippen LogP contribution in [0.2, 0.25) is 0 Å². The van der Waals surface area contributed by atoms with Gasteiger partial charge in [0.2, 0.25) is 15.9 Å². The van der Waals surface area contributed by atoms with Crippen LogP contribution in [0.1, 0.15) is 12.8 Å². The van der Waals surface area contributed by atoms with Gasteiger partial charge in [-0.3, -0.25) is 4.79 Å². The highest BCUT2D eigenvalue weighted by Crippen LogP contribution is 2.09. The topological polar surface area (TPSA) is 87.3 Å². The van der Waals surface area contributed by atoms with E-state index in [-0.39, 0.29) is 24.1 Å². The first kappa shape index (κ1) is 13.4. The summed E-state index contributed by atoms with van der Waals surface area (Å²) in [5.41, 5.74) is 0. The van der Waals surface area contributed by atoms with Gasteiger partial charge < -0.3 is 10.6 Å². The molecule has 1 aliphatic rings. The molecule has 0 spiro atoms. The van der Waals surface area contributed by atoms with E-state index in [1.165, 1.54) is 7.05 Å². The predicted molar refractivity (Wildman–Crippen MR) is 61.4 cm³/mol. The third-order valence-corrected chi connectivity index (χ3v) is 4.01. The summed E-state index contributed by atoms with van der Waals surface area (Å²) < 4.78 is 24.4. The molecule has 1 heterocycles. The molecule has 0 aromatic rings. The van der Waals surface area contributed by atoms with Crippen molar-refractivity contribution in [1.29, 1.82) is 0 Å². The number of nitrogens with one attached hydrogen (secondary N) is 3. The van der Waals surface area contributed by atoms with Crippen molar-refractivity contribution in [2.24, 2.45) is 5.92 Å². The van der Waals surface area contributed by atoms with Crippen LogP contribution >= 0.6 is 0 Å². The van der Waals surface area contributed by atoms with E-state index in [2.05, 4.69) is 15.4 Å². The molecule has 0 aromatic carbocycles. The molecule has 94 valence electrons. The maximum Gasteiger partial charge on any atom is 0.224 e. The van der Waals surface area contributed by atoms with Crippen LogP contribution in [0.5, 0.6) is 0 Å². The van der Waals surface area contributed by atoms with Crippen LogP contribution in [-0.4, -0.2) is 46.8 Å². The van der Waals surface area contributed by atoms with E-state index in [1.54, 1.807) is 0 Å². The molecule has 0 aliphatic carbocycles. The number of hydrogen-bond acceptors (Lipinski definition) is 4. The highest BCUT2D eigenvalue weighted by Gasteiger charge is 2.20. The van der Waals surface area contributed by atoms with Gasteiger partial charge in [0.1, 0.15) is 0 Å². The fourth-order valence-corrected chi connectivity index (χ4v) is 2.21. The molecule has 1 rings (SSSR count). The first-order valence-corrected chi connectivity index (χ1v) is 7.10. The van der Waals surface area contributed by atoms with Crippen LogP contribution in [0.25, 0.3) is 0 Å². The molecule has 3 N–H and O–H groups in total. The maximum absolute atomic E-state index is 11.6. The zero-order valence-electron chi connectivity index (χ0n) is 9.45. The molecule has 16 heavy (non-hydrogen) atoms. The van der Waals surface area contributed by atoms with Crippen LogP contribution < -0.4 is 15.4 Å². The van der Waals surface area contributed by atoms with Crippen molar-refractivity contribution in [2.75, 3.05) is 32.4 Å². The first-order valence-electron chi connectivity index (χ1n) is 5.45. The summed E-state index contributed by atoms with van der Waals surface area (Å²) >= 11 is 0. The Balaban J connectivity index is 2.24. The Labute approximate surface area is 96.2 Å². The van der Waals surface area contributed by atoms with E-state index in [4.69, 9.17) is 0 Å². The fourth-order valence-electron chi connectivity index (χ4n) is 1.63. The van der Waals surface area contributed by atoms with Crippen LogP contribution in [0.4, 0.5) is 0 Å². The lowest BCUT2D eigenvalue weighted by Crippen LogP contribution is -2.42. The summed E-state index contributed by atoms with van der Waals surface area (Å²) in [5, 5.41) is 5.79. The van der Waals surface area contributed by atoms with Gasteiger partial charge in [-0.15, -0.1) is 0 Å². The van der Waals surface area contributed by atoms with Crippen molar-refractivity contribution in [3.8, 4) is 0 Å². The lowest BCUT2D eigenvalue weighted by atomic mass is 9.99. The molecule has 7 heteroatoms. The Kier molecular flexibility index (Phi) is 5.17. The summed E-state index contributed by atoms with van der Waals surface area (Å²) in [4.78, 5) is 11.6. The Morgan fingerprint density at radius 3 is 2.81 bits per heavy atom. The van der Waals surface area contributed by atoms with Gasteiger partial charge >= 0.3 is 0 Å². The van der Waals surface area contributed by atoms with E-state index in [0.717, 1.165) is 19.4 Å². The minimum Gasteiger partial charge on any atom is -0.355 e. The quantitative estimate of drug-likeness (QED) is 0.562. The molecular formula is C9H19N3O3S. The average molecular weight is 249 g/mol. The summed E-state index contributed by atoms with van der Waals surface area (Å²) in [6.07, 6.45) is 1.87. The second kappa shape index (κ2) is 6.17. The van der Waals surface area contributed by atoms with Gasteiger partial charge in [0.15, 0.2) is 0 Å². The summed E-state index contributed by atoms with van der Waals surface area (Å²) in [6.45, 7) is 1.81. The standard InChI is InChI=1S/C9H19N3O3S/c1-10-16(14,15)6-5-12-9(13)8-3-2-4-11-7-8/h8,10-11H,2-7H2,1H3,(H,12,13)/t8-/m0/s1. The largest absolute Gasteiger partial charge is 0.355 e. The van der Waals surface area contributed by atoms with Crippen molar-refractivity contribution >= 4 is 15.9 Å². The van der Waals surface area contributed by atoms with Crippen LogP contribution in [-0.2, 0) is 14.8 Å². The zero-order valence-corrected chi connectivity index (χ0v) is 10.3. The summed E-state index contributed by atoms with van der Waals surface area (Å²) in [7, 11) is -1.86. The number of rotatable bonds is 5. The lowest BCUT2D eigenvalue weighted by Gasteiger charge is -2.21. The molecule has 1 saturated heterocycles. The second-order valence-corrected chi connectivity index (χ2v) is 5.90. The van der Waals surface area contributed by atoms with Crippen LogP contribution in [0, 0.1) is 5.92 Å². The van der Waals surface area contributed by atoms with Crippen LogP contribution in [0.15, 0.2) is 0 Å². The number of carbonyl (C=O) groups excluding carboxylic acids is 1. The van der Waals surface area contributed by atoms with E-state index in [9.17, 15) is 13.2 Å². The zero-order chi connectivity index (χ0) is 12.0. The maximum atomic E-state index is 11.6. The number of hydrogen-bond donors (Lipinski definition) is 3. The molecule has 0 unspecified atom stereocenters. The van der Waals surface area contributed by atoms with Crippen molar-refractivity contribution in [3.63, 3.8) is 0 Å². The van der Waals surface area contributed by atoms with Gasteiger partial charge in [-0.1, -0.05) is 0 Å². The van der Waals surface area contributed by atoms with Crippen molar-refractivity contribution in [1.82, 2.24) is 15.4 Å². The molecule has 1 fully saturated rings. The molecule has 1 aliphatic heterocycles. The van der Waals surface area contributed by atoms with Gasteiger partial charge in [0.25, 0.3) is 0 Å². The van der Waals surface area contributed by atoms with Crippen LogP contribution in [0.3, 0.4) is 0 Å². The molecular weight excluding hydrogens is 230 g/mol. The Bertz CT molecular complexity index is 323. The van der Waals surface area contributed by atoms with Gasteiger partial charge in [0, 0.05) is 13.1 Å². The van der Waals surface area contributed by atoms with Crippen molar-refractivity contribution in [3.05, 3.63) is 0 Å². The van der Waals surface area contributed by atoms with Gasteiger partial charge in [-0.25, -0.2) is 13.1 Å². The first-order chi connectivity index (χ1) is 7.55. The Hall–Kier alpha value is -0.660. The SMILES string of the molecule is CNS(=O)(=O)CCNC(=O)[C@H]1CCCNC1. The van der Waals surface area contributed by atoms with Gasteiger partial charge in [-0.2, -0.15) is 0 Å². The minimum absolute atomic E-state index is 0.0222. The molecule has 0 bridgehead atoms. The minimum atomic E-state index is -3.23. The summed E-state index contributed by atoms with van der Waals surface area (Å²) in [6, 6.07) is 0. The predicted octanol–water partition coefficient (Wildman–Crippen LogP) is -1.35. The van der Waals surface area contributed by atoms with Gasteiger partial charge in [0.05, 0.1) is 11.7 Å². The second-order valence-electron chi connectivity index (χ2n) is 3.86. The van der Waals surface area contributed by atoms with Crippen molar-refractivity contribution < 1.29 is 13.2 Å². The number of sulfonamides is 1. The molecule has 0 radical (unpaired) electrons. The number of amides is 1. The lowest BCUT2D eigenvalue weighted by molar-refractivity contribution is -0.125. The molecule has 0 saturated carbocycles. The number of piperidine rings is 1. The van der Waals surface area contributed by atoms with Gasteiger partial charge in [-0.05, 0) is 26.4 Å². The monoisotopic (exact) mass is 249 g/mol.